The Balaban J connectivity index is 1.81. The molecule has 3 nitrogen and oxygen atoms in total. The highest BCUT2D eigenvalue weighted by atomic mass is 16.1. The third-order valence-corrected chi connectivity index (χ3v) is 3.27. The van der Waals surface area contributed by atoms with Crippen molar-refractivity contribution in [2.45, 2.75) is 19.3 Å². The highest BCUT2D eigenvalue weighted by Gasteiger charge is 2.25. The van der Waals surface area contributed by atoms with Crippen LogP contribution in [0.2, 0.25) is 0 Å². The van der Waals surface area contributed by atoms with Crippen LogP contribution in [0.1, 0.15) is 29.6 Å². The van der Waals surface area contributed by atoms with Gasteiger partial charge in [0.2, 0.25) is 0 Å². The van der Waals surface area contributed by atoms with Gasteiger partial charge in [0.15, 0.2) is 5.78 Å². The third kappa shape index (κ3) is 1.90. The number of benzene rings is 1. The van der Waals surface area contributed by atoms with E-state index in [1.807, 2.05) is 18.2 Å². The molecule has 2 aliphatic rings. The zero-order valence-corrected chi connectivity index (χ0v) is 9.25. The molecular formula is C13H16N2O. The van der Waals surface area contributed by atoms with Crippen molar-refractivity contribution in [2.75, 3.05) is 23.7 Å². The average molecular weight is 216 g/mol. The average Bonchev–Trinajstić information content (AvgIpc) is 3.12. The van der Waals surface area contributed by atoms with Gasteiger partial charge in [-0.25, -0.2) is 0 Å². The van der Waals surface area contributed by atoms with Crippen molar-refractivity contribution in [3.8, 4) is 0 Å². The number of nitrogens with one attached hydrogen (secondary N) is 2. The summed E-state index contributed by atoms with van der Waals surface area (Å²) in [7, 11) is 0. The molecule has 0 radical (unpaired) electrons. The lowest BCUT2D eigenvalue weighted by Gasteiger charge is -2.20. The quantitative estimate of drug-likeness (QED) is 0.763. The van der Waals surface area contributed by atoms with Crippen LogP contribution in [0.5, 0.6) is 0 Å². The van der Waals surface area contributed by atoms with Gasteiger partial charge in [-0.15, -0.1) is 0 Å². The predicted octanol–water partition coefficient (Wildman–Crippen LogP) is 2.51. The first-order valence-corrected chi connectivity index (χ1v) is 5.98. The lowest BCUT2D eigenvalue weighted by atomic mass is 10.0. The molecule has 2 N–H and O–H groups in total. The van der Waals surface area contributed by atoms with E-state index >= 15 is 0 Å². The van der Waals surface area contributed by atoms with Crippen molar-refractivity contribution in [1.29, 1.82) is 0 Å². The van der Waals surface area contributed by atoms with E-state index in [9.17, 15) is 4.79 Å². The van der Waals surface area contributed by atoms with Crippen molar-refractivity contribution >= 4 is 17.2 Å². The number of ketones is 1. The molecule has 1 aliphatic heterocycles. The molecule has 1 saturated carbocycles. The summed E-state index contributed by atoms with van der Waals surface area (Å²) in [6.07, 6.45) is 3.19. The highest BCUT2D eigenvalue weighted by Crippen LogP contribution is 2.34. The Kier molecular flexibility index (Phi) is 2.31. The van der Waals surface area contributed by atoms with Crippen LogP contribution < -0.4 is 10.6 Å². The molecule has 0 bridgehead atoms. The standard InChI is InChI=1S/C13H16N2O/c16-13(7-9-1-2-9)10-3-4-11-12(8-10)15-6-5-14-11/h3-4,8-9,14-15H,1-2,5-7H2. The Bertz CT molecular complexity index is 424. The summed E-state index contributed by atoms with van der Waals surface area (Å²) in [6.45, 7) is 1.87. The molecule has 1 aromatic carbocycles. The topological polar surface area (TPSA) is 41.1 Å². The predicted molar refractivity (Wildman–Crippen MR) is 65.1 cm³/mol. The molecule has 3 heteroatoms. The van der Waals surface area contributed by atoms with Gasteiger partial charge in [-0.2, -0.15) is 0 Å². The van der Waals surface area contributed by atoms with E-state index in [-0.39, 0.29) is 5.78 Å². The Hall–Kier alpha value is -1.51. The van der Waals surface area contributed by atoms with Gasteiger partial charge in [-0.1, -0.05) is 0 Å². The van der Waals surface area contributed by atoms with E-state index in [0.717, 1.165) is 36.4 Å². The van der Waals surface area contributed by atoms with Crippen molar-refractivity contribution in [3.05, 3.63) is 23.8 Å². The summed E-state index contributed by atoms with van der Waals surface area (Å²) < 4.78 is 0. The number of rotatable bonds is 3. The number of hydrogen-bond donors (Lipinski definition) is 2. The van der Waals surface area contributed by atoms with E-state index in [1.54, 1.807) is 0 Å². The maximum Gasteiger partial charge on any atom is 0.163 e. The molecule has 1 aliphatic carbocycles. The summed E-state index contributed by atoms with van der Waals surface area (Å²) >= 11 is 0. The monoisotopic (exact) mass is 216 g/mol. The van der Waals surface area contributed by atoms with Crippen LogP contribution in [0.15, 0.2) is 18.2 Å². The van der Waals surface area contributed by atoms with E-state index in [1.165, 1.54) is 12.8 Å². The van der Waals surface area contributed by atoms with Crippen molar-refractivity contribution < 1.29 is 4.79 Å². The van der Waals surface area contributed by atoms with E-state index in [4.69, 9.17) is 0 Å². The first-order chi connectivity index (χ1) is 7.83. The molecule has 0 amide bonds. The van der Waals surface area contributed by atoms with Crippen LogP contribution in [0.4, 0.5) is 11.4 Å². The van der Waals surface area contributed by atoms with E-state index in [2.05, 4.69) is 10.6 Å². The van der Waals surface area contributed by atoms with Gasteiger partial charge in [0, 0.05) is 25.1 Å². The van der Waals surface area contributed by atoms with Gasteiger partial charge in [0.05, 0.1) is 11.4 Å². The third-order valence-electron chi connectivity index (χ3n) is 3.27. The molecule has 1 fully saturated rings. The minimum Gasteiger partial charge on any atom is -0.382 e. The van der Waals surface area contributed by atoms with Crippen LogP contribution in [-0.4, -0.2) is 18.9 Å². The smallest absolute Gasteiger partial charge is 0.163 e. The molecule has 0 saturated heterocycles. The van der Waals surface area contributed by atoms with E-state index in [0.29, 0.717) is 5.92 Å². The van der Waals surface area contributed by atoms with Gasteiger partial charge >= 0.3 is 0 Å². The first kappa shape index (κ1) is 9.70. The Morgan fingerprint density at radius 1 is 1.19 bits per heavy atom. The molecule has 1 heterocycles. The fraction of sp³-hybridized carbons (Fsp3) is 0.462. The lowest BCUT2D eigenvalue weighted by Crippen LogP contribution is -2.20. The highest BCUT2D eigenvalue weighted by molar-refractivity contribution is 5.98. The number of Topliss-reactive ketones (excluding diaryl/α,β-unsaturated/α-hetero) is 1. The van der Waals surface area contributed by atoms with Gasteiger partial charge < -0.3 is 10.6 Å². The summed E-state index contributed by atoms with van der Waals surface area (Å²) in [5.74, 6) is 0.951. The molecule has 0 spiro atoms. The van der Waals surface area contributed by atoms with Crippen molar-refractivity contribution in [2.24, 2.45) is 5.92 Å². The van der Waals surface area contributed by atoms with Crippen LogP contribution >= 0.6 is 0 Å². The van der Waals surface area contributed by atoms with Gasteiger partial charge in [-0.3, -0.25) is 4.79 Å². The summed E-state index contributed by atoms with van der Waals surface area (Å²) in [4.78, 5) is 11.9. The molecule has 0 atom stereocenters. The second kappa shape index (κ2) is 3.81. The molecule has 16 heavy (non-hydrogen) atoms. The zero-order chi connectivity index (χ0) is 11.0. The fourth-order valence-corrected chi connectivity index (χ4v) is 2.11. The van der Waals surface area contributed by atoms with Crippen molar-refractivity contribution in [1.82, 2.24) is 0 Å². The minimum atomic E-state index is 0.290. The Morgan fingerprint density at radius 3 is 2.69 bits per heavy atom. The Morgan fingerprint density at radius 2 is 1.94 bits per heavy atom. The van der Waals surface area contributed by atoms with Crippen LogP contribution in [0.25, 0.3) is 0 Å². The number of carbonyl (C=O) groups excluding carboxylic acids is 1. The molecule has 1 aromatic rings. The number of carbonyl (C=O) groups is 1. The molecule has 0 unspecified atom stereocenters. The zero-order valence-electron chi connectivity index (χ0n) is 9.25. The maximum atomic E-state index is 11.9. The molecule has 3 rings (SSSR count). The molecule has 0 aromatic heterocycles. The Labute approximate surface area is 95.2 Å². The number of hydrogen-bond acceptors (Lipinski definition) is 3. The van der Waals surface area contributed by atoms with Crippen LogP contribution in [-0.2, 0) is 0 Å². The van der Waals surface area contributed by atoms with Gasteiger partial charge in [0.25, 0.3) is 0 Å². The van der Waals surface area contributed by atoms with Gasteiger partial charge in [0.1, 0.15) is 0 Å². The minimum absolute atomic E-state index is 0.290. The second-order valence-electron chi connectivity index (χ2n) is 4.68. The van der Waals surface area contributed by atoms with Crippen molar-refractivity contribution in [3.63, 3.8) is 0 Å². The van der Waals surface area contributed by atoms with Crippen LogP contribution in [0, 0.1) is 5.92 Å². The molecular weight excluding hydrogens is 200 g/mol. The van der Waals surface area contributed by atoms with E-state index < -0.39 is 0 Å². The summed E-state index contributed by atoms with van der Waals surface area (Å²) in [6, 6.07) is 5.91. The maximum absolute atomic E-state index is 11.9. The molecule has 84 valence electrons. The normalized spacial score (nSPS) is 18.2. The largest absolute Gasteiger partial charge is 0.382 e. The van der Waals surface area contributed by atoms with Crippen LogP contribution in [0.3, 0.4) is 0 Å². The lowest BCUT2D eigenvalue weighted by molar-refractivity contribution is 0.0976. The SMILES string of the molecule is O=C(CC1CC1)c1ccc2c(c1)NCCN2. The second-order valence-corrected chi connectivity index (χ2v) is 4.68. The fourth-order valence-electron chi connectivity index (χ4n) is 2.11. The number of fused-ring (bicyclic) bond motifs is 1. The summed E-state index contributed by atoms with van der Waals surface area (Å²) in [5.41, 5.74) is 3.02. The number of anilines is 2. The summed E-state index contributed by atoms with van der Waals surface area (Å²) in [5, 5.41) is 6.62. The van der Waals surface area contributed by atoms with Gasteiger partial charge in [-0.05, 0) is 37.0 Å². The first-order valence-electron chi connectivity index (χ1n) is 5.98.